The molecule has 0 amide bonds. The molecule has 0 fully saturated rings. The lowest BCUT2D eigenvalue weighted by Crippen LogP contribution is -2.49. The summed E-state index contributed by atoms with van der Waals surface area (Å²) in [6, 6.07) is -1.86. The quantitative estimate of drug-likeness (QED) is 0.176. The predicted molar refractivity (Wildman–Crippen MR) is 89.9 cm³/mol. The van der Waals surface area contributed by atoms with Crippen molar-refractivity contribution in [3.8, 4) is 0 Å². The van der Waals surface area contributed by atoms with Gasteiger partial charge in [0.25, 0.3) is 0 Å². The molecular weight excluding hydrogens is 352 g/mol. The number of hydrogen-bond donors (Lipinski definition) is 8. The van der Waals surface area contributed by atoms with Crippen molar-refractivity contribution in [3.05, 3.63) is 0 Å². The van der Waals surface area contributed by atoms with Gasteiger partial charge < -0.3 is 43.4 Å². The van der Waals surface area contributed by atoms with Crippen LogP contribution in [0.2, 0.25) is 0 Å². The Morgan fingerprint density at radius 1 is 0.731 bits per heavy atom. The van der Waals surface area contributed by atoms with Crippen molar-refractivity contribution < 1.29 is 39.6 Å². The number of hydrogen-bond acceptors (Lipinski definition) is 8. The predicted octanol–water partition coefficient (Wildman–Crippen LogP) is -1.69. The van der Waals surface area contributed by atoms with Crippen molar-refractivity contribution in [2.45, 2.75) is 62.7 Å². The molecule has 0 unspecified atom stereocenters. The zero-order valence-electron chi connectivity index (χ0n) is 14.3. The minimum atomic E-state index is -1.20. The largest absolute Gasteiger partial charge is 0.481 e. The number of aliphatic carboxylic acids is 4. The van der Waals surface area contributed by atoms with E-state index in [4.69, 9.17) is 43.4 Å². The smallest absolute Gasteiger partial charge is 0.320 e. The molecule has 0 aliphatic heterocycles. The average molecular weight is 380 g/mol. The van der Waals surface area contributed by atoms with Crippen LogP contribution in [0, 0.1) is 0 Å². The molecule has 0 aromatic heterocycles. The molecule has 0 aromatic carbocycles. The Kier molecular flexibility index (Phi) is 13.0. The maximum absolute atomic E-state index is 10.2. The van der Waals surface area contributed by atoms with Crippen LogP contribution in [0.25, 0.3) is 0 Å². The zero-order chi connectivity index (χ0) is 20.9. The summed E-state index contributed by atoms with van der Waals surface area (Å²) in [5, 5.41) is 33.4. The Labute approximate surface area is 150 Å². The van der Waals surface area contributed by atoms with E-state index < -0.39 is 41.6 Å². The molecule has 0 rings (SSSR count). The summed E-state index contributed by atoms with van der Waals surface area (Å²) in [5.41, 5.74) is 20.1. The summed E-state index contributed by atoms with van der Waals surface area (Å²) in [4.78, 5) is 40.8. The van der Waals surface area contributed by atoms with Gasteiger partial charge in [-0.25, -0.2) is 0 Å². The molecule has 0 aliphatic rings. The van der Waals surface area contributed by atoms with Crippen LogP contribution in [0.15, 0.2) is 0 Å². The molecule has 0 bridgehead atoms. The Morgan fingerprint density at radius 2 is 1.04 bits per heavy atom. The standard InChI is InChI=1S/2C7H14N2O4/c8-7(9,3-1-5(10)11)4-2-6(12)13;8-4(6(10)11)2-1-3-5(9)7(12)13/h1-4,8-9H2,(H,10,11)(H,12,13);4-5H,1-3,8-9H2,(H,10,11)(H,12,13)/t;4-,5+. The van der Waals surface area contributed by atoms with Gasteiger partial charge in [-0.05, 0) is 32.1 Å². The van der Waals surface area contributed by atoms with Gasteiger partial charge in [-0.3, -0.25) is 19.2 Å². The van der Waals surface area contributed by atoms with E-state index in [2.05, 4.69) is 0 Å². The minimum Gasteiger partial charge on any atom is -0.481 e. The van der Waals surface area contributed by atoms with Crippen molar-refractivity contribution in [1.29, 1.82) is 0 Å². The Morgan fingerprint density at radius 3 is 1.27 bits per heavy atom. The van der Waals surface area contributed by atoms with Crippen LogP contribution in [-0.2, 0) is 19.2 Å². The Bertz CT molecular complexity index is 444. The topological polar surface area (TPSA) is 253 Å². The second-order valence-corrected chi connectivity index (χ2v) is 5.84. The molecule has 0 radical (unpaired) electrons. The fourth-order valence-corrected chi connectivity index (χ4v) is 1.61. The fraction of sp³-hybridized carbons (Fsp3) is 0.714. The molecule has 0 spiro atoms. The van der Waals surface area contributed by atoms with Gasteiger partial charge in [-0.1, -0.05) is 0 Å². The monoisotopic (exact) mass is 380 g/mol. The highest BCUT2D eigenvalue weighted by atomic mass is 16.4. The first-order valence-corrected chi connectivity index (χ1v) is 7.76. The maximum Gasteiger partial charge on any atom is 0.320 e. The zero-order valence-corrected chi connectivity index (χ0v) is 14.3. The van der Waals surface area contributed by atoms with Crippen LogP contribution in [0.3, 0.4) is 0 Å². The van der Waals surface area contributed by atoms with Crippen molar-refractivity contribution in [2.24, 2.45) is 22.9 Å². The first kappa shape index (κ1) is 26.0. The van der Waals surface area contributed by atoms with Crippen molar-refractivity contribution >= 4 is 23.9 Å². The molecule has 26 heavy (non-hydrogen) atoms. The third-order valence-corrected chi connectivity index (χ3v) is 3.27. The van der Waals surface area contributed by atoms with E-state index in [1.54, 1.807) is 0 Å². The second kappa shape index (κ2) is 13.0. The third kappa shape index (κ3) is 16.6. The summed E-state index contributed by atoms with van der Waals surface area (Å²) < 4.78 is 0. The highest BCUT2D eigenvalue weighted by Crippen LogP contribution is 2.10. The average Bonchev–Trinajstić information content (AvgIpc) is 2.51. The fourth-order valence-electron chi connectivity index (χ4n) is 1.61. The third-order valence-electron chi connectivity index (χ3n) is 3.27. The highest BCUT2D eigenvalue weighted by molar-refractivity contribution is 5.73. The summed E-state index contributed by atoms with van der Waals surface area (Å²) in [7, 11) is 0. The van der Waals surface area contributed by atoms with Gasteiger partial charge in [-0.15, -0.1) is 0 Å². The molecule has 0 aliphatic carbocycles. The number of carboxylic acids is 4. The SMILES string of the molecule is NC(N)(CCC(=O)O)CCC(=O)O.N[C@H](CCC[C@H](N)C(=O)O)C(=O)O. The summed E-state index contributed by atoms with van der Waals surface area (Å²) >= 11 is 0. The highest BCUT2D eigenvalue weighted by Gasteiger charge is 2.21. The van der Waals surface area contributed by atoms with Crippen LogP contribution in [0.5, 0.6) is 0 Å². The number of rotatable bonds is 12. The summed E-state index contributed by atoms with van der Waals surface area (Å²) in [6.07, 6.45) is 0.762. The molecule has 0 saturated carbocycles. The van der Waals surface area contributed by atoms with E-state index >= 15 is 0 Å². The van der Waals surface area contributed by atoms with Gasteiger partial charge in [0.05, 0.1) is 5.66 Å². The lowest BCUT2D eigenvalue weighted by atomic mass is 10.00. The van der Waals surface area contributed by atoms with Crippen LogP contribution < -0.4 is 22.9 Å². The van der Waals surface area contributed by atoms with Crippen LogP contribution >= 0.6 is 0 Å². The van der Waals surface area contributed by atoms with Crippen LogP contribution in [0.1, 0.15) is 44.9 Å². The van der Waals surface area contributed by atoms with Crippen molar-refractivity contribution in [1.82, 2.24) is 0 Å². The van der Waals surface area contributed by atoms with Gasteiger partial charge in [0.2, 0.25) is 0 Å². The molecule has 0 saturated heterocycles. The number of carboxylic acid groups (broad SMARTS) is 4. The van der Waals surface area contributed by atoms with Gasteiger partial charge >= 0.3 is 23.9 Å². The molecule has 12 nitrogen and oxygen atoms in total. The molecule has 12 N–H and O–H groups in total. The van der Waals surface area contributed by atoms with Gasteiger partial charge in [0.15, 0.2) is 0 Å². The molecule has 152 valence electrons. The van der Waals surface area contributed by atoms with E-state index in [-0.39, 0.29) is 38.5 Å². The normalized spacial score (nSPS) is 13.1. The molecular formula is C14H28N4O8. The number of nitrogens with two attached hydrogens (primary N) is 4. The van der Waals surface area contributed by atoms with Crippen molar-refractivity contribution in [3.63, 3.8) is 0 Å². The lowest BCUT2D eigenvalue weighted by molar-refractivity contribution is -0.139. The summed E-state index contributed by atoms with van der Waals surface area (Å²) in [5.74, 6) is -4.14. The molecule has 0 heterocycles. The molecule has 12 heteroatoms. The van der Waals surface area contributed by atoms with Crippen LogP contribution in [0.4, 0.5) is 0 Å². The maximum atomic E-state index is 10.2. The lowest BCUT2D eigenvalue weighted by Gasteiger charge is -2.22. The number of carbonyl (C=O) groups is 4. The first-order valence-electron chi connectivity index (χ1n) is 7.76. The van der Waals surface area contributed by atoms with E-state index in [0.717, 1.165) is 0 Å². The Hall–Kier alpha value is -2.28. The second-order valence-electron chi connectivity index (χ2n) is 5.84. The van der Waals surface area contributed by atoms with E-state index in [9.17, 15) is 19.2 Å². The molecule has 2 atom stereocenters. The first-order chi connectivity index (χ1) is 11.8. The van der Waals surface area contributed by atoms with E-state index in [0.29, 0.717) is 6.42 Å². The Balaban J connectivity index is 0. The van der Waals surface area contributed by atoms with Gasteiger partial charge in [-0.2, -0.15) is 0 Å². The van der Waals surface area contributed by atoms with Gasteiger partial charge in [0.1, 0.15) is 12.1 Å². The van der Waals surface area contributed by atoms with Gasteiger partial charge in [0, 0.05) is 12.8 Å². The van der Waals surface area contributed by atoms with E-state index in [1.165, 1.54) is 0 Å². The minimum absolute atomic E-state index is 0.0790. The summed E-state index contributed by atoms with van der Waals surface area (Å²) in [6.45, 7) is 0. The van der Waals surface area contributed by atoms with Crippen molar-refractivity contribution in [2.75, 3.05) is 0 Å². The van der Waals surface area contributed by atoms with Crippen LogP contribution in [-0.4, -0.2) is 62.0 Å². The van der Waals surface area contributed by atoms with E-state index in [1.807, 2.05) is 0 Å². The molecule has 0 aromatic rings.